The van der Waals surface area contributed by atoms with Gasteiger partial charge in [-0.1, -0.05) is 23.4 Å². The van der Waals surface area contributed by atoms with Crippen LogP contribution in [-0.2, 0) is 12.1 Å². The van der Waals surface area contributed by atoms with Crippen molar-refractivity contribution < 1.29 is 9.84 Å². The number of nitrogens with zero attached hydrogens (tertiary/aromatic N) is 3. The van der Waals surface area contributed by atoms with Gasteiger partial charge in [0.15, 0.2) is 0 Å². The Kier molecular flexibility index (Phi) is 2.78. The molecule has 0 bridgehead atoms. The summed E-state index contributed by atoms with van der Waals surface area (Å²) in [5.74, 6) is 1.24. The minimum atomic E-state index is -0.956. The lowest BCUT2D eigenvalue weighted by atomic mass is 10.0. The van der Waals surface area contributed by atoms with Crippen molar-refractivity contribution >= 4 is 0 Å². The smallest absolute Gasteiger partial charge is 0.122 e. The van der Waals surface area contributed by atoms with Gasteiger partial charge in [0.2, 0.25) is 0 Å². The largest absolute Gasteiger partial charge is 0.493 e. The highest BCUT2D eigenvalue weighted by molar-refractivity contribution is 5.39. The Morgan fingerprint density at radius 3 is 2.95 bits per heavy atom. The summed E-state index contributed by atoms with van der Waals surface area (Å²) >= 11 is 0. The van der Waals surface area contributed by atoms with Crippen LogP contribution >= 0.6 is 0 Å². The molecule has 0 radical (unpaired) electrons. The summed E-state index contributed by atoms with van der Waals surface area (Å²) < 4.78 is 7.41. The van der Waals surface area contributed by atoms with E-state index in [0.717, 1.165) is 5.75 Å². The molecule has 0 amide bonds. The van der Waals surface area contributed by atoms with Crippen LogP contribution in [0.4, 0.5) is 0 Å². The van der Waals surface area contributed by atoms with Gasteiger partial charge in [-0.15, -0.1) is 5.10 Å². The van der Waals surface area contributed by atoms with Crippen LogP contribution in [0.2, 0.25) is 0 Å². The van der Waals surface area contributed by atoms with Crippen LogP contribution in [-0.4, -0.2) is 26.7 Å². The van der Waals surface area contributed by atoms with Gasteiger partial charge in [-0.3, -0.25) is 4.68 Å². The predicted octanol–water partition coefficient (Wildman–Crippen LogP) is 1.68. The highest BCUT2D eigenvalue weighted by atomic mass is 16.5. The first-order chi connectivity index (χ1) is 9.04. The Hall–Kier alpha value is -1.88. The molecular weight excluding hydrogens is 242 g/mol. The maximum absolute atomic E-state index is 9.88. The fraction of sp³-hybridized carbons (Fsp3) is 0.429. The van der Waals surface area contributed by atoms with E-state index in [-0.39, 0.29) is 5.92 Å². The van der Waals surface area contributed by atoms with Gasteiger partial charge in [0.1, 0.15) is 17.0 Å². The molecule has 0 saturated carbocycles. The van der Waals surface area contributed by atoms with Crippen LogP contribution in [0.1, 0.15) is 31.0 Å². The van der Waals surface area contributed by atoms with Crippen LogP contribution < -0.4 is 4.74 Å². The molecule has 1 N–H and O–H groups in total. The van der Waals surface area contributed by atoms with Gasteiger partial charge >= 0.3 is 0 Å². The first-order valence-electron chi connectivity index (χ1n) is 6.39. The van der Waals surface area contributed by atoms with Crippen molar-refractivity contribution in [1.82, 2.24) is 15.0 Å². The standard InChI is InChI=1S/C14H17N3O2/c1-14(2,18)13-8-17(16-15-13)7-10-9-19-12-6-4-3-5-11(10)12/h3-6,8,10,18H,7,9H2,1-2H3. The minimum absolute atomic E-state index is 0.285. The van der Waals surface area contributed by atoms with Gasteiger partial charge in [0.05, 0.1) is 19.3 Å². The highest BCUT2D eigenvalue weighted by Crippen LogP contribution is 2.34. The highest BCUT2D eigenvalue weighted by Gasteiger charge is 2.25. The van der Waals surface area contributed by atoms with Gasteiger partial charge in [0.25, 0.3) is 0 Å². The molecule has 1 atom stereocenters. The second kappa shape index (κ2) is 4.35. The molecule has 2 aromatic rings. The van der Waals surface area contributed by atoms with Crippen LogP contribution in [0.25, 0.3) is 0 Å². The number of rotatable bonds is 3. The predicted molar refractivity (Wildman–Crippen MR) is 69.9 cm³/mol. The van der Waals surface area contributed by atoms with Crippen molar-refractivity contribution in [2.75, 3.05) is 6.61 Å². The third-order valence-corrected chi connectivity index (χ3v) is 3.37. The fourth-order valence-corrected chi connectivity index (χ4v) is 2.27. The molecular formula is C14H17N3O2. The van der Waals surface area contributed by atoms with Gasteiger partial charge in [0, 0.05) is 11.5 Å². The molecule has 1 aromatic carbocycles. The minimum Gasteiger partial charge on any atom is -0.493 e. The topological polar surface area (TPSA) is 60.2 Å². The van der Waals surface area contributed by atoms with Gasteiger partial charge in [-0.05, 0) is 19.9 Å². The lowest BCUT2D eigenvalue weighted by Crippen LogP contribution is -2.16. The molecule has 0 aliphatic carbocycles. The second-order valence-corrected chi connectivity index (χ2v) is 5.43. The maximum Gasteiger partial charge on any atom is 0.122 e. The Balaban J connectivity index is 1.78. The summed E-state index contributed by atoms with van der Waals surface area (Å²) in [4.78, 5) is 0. The van der Waals surface area contributed by atoms with Gasteiger partial charge in [-0.2, -0.15) is 0 Å². The molecule has 3 rings (SSSR count). The van der Waals surface area contributed by atoms with Crippen LogP contribution in [0.3, 0.4) is 0 Å². The van der Waals surface area contributed by atoms with E-state index in [1.165, 1.54) is 5.56 Å². The Morgan fingerprint density at radius 2 is 2.21 bits per heavy atom. The Morgan fingerprint density at radius 1 is 1.42 bits per heavy atom. The monoisotopic (exact) mass is 259 g/mol. The number of aliphatic hydroxyl groups is 1. The zero-order valence-electron chi connectivity index (χ0n) is 11.1. The molecule has 1 aliphatic rings. The molecule has 19 heavy (non-hydrogen) atoms. The molecule has 5 heteroatoms. The molecule has 1 aliphatic heterocycles. The molecule has 0 saturated heterocycles. The summed E-state index contributed by atoms with van der Waals surface area (Å²) in [6, 6.07) is 8.06. The fourth-order valence-electron chi connectivity index (χ4n) is 2.27. The van der Waals surface area contributed by atoms with E-state index in [1.54, 1.807) is 24.7 Å². The average Bonchev–Trinajstić information content (AvgIpc) is 2.97. The zero-order chi connectivity index (χ0) is 13.5. The first-order valence-corrected chi connectivity index (χ1v) is 6.39. The van der Waals surface area contributed by atoms with Crippen molar-refractivity contribution in [3.63, 3.8) is 0 Å². The maximum atomic E-state index is 9.88. The van der Waals surface area contributed by atoms with Crippen molar-refractivity contribution in [2.45, 2.75) is 31.9 Å². The van der Waals surface area contributed by atoms with E-state index in [1.807, 2.05) is 18.2 Å². The number of benzene rings is 1. The van der Waals surface area contributed by atoms with Crippen molar-refractivity contribution in [1.29, 1.82) is 0 Å². The Labute approximate surface area is 111 Å². The molecule has 5 nitrogen and oxygen atoms in total. The number of ether oxygens (including phenoxy) is 1. The second-order valence-electron chi connectivity index (χ2n) is 5.43. The normalized spacial score (nSPS) is 18.2. The van der Waals surface area contributed by atoms with Crippen LogP contribution in [0.5, 0.6) is 5.75 Å². The molecule has 1 aromatic heterocycles. The lowest BCUT2D eigenvalue weighted by molar-refractivity contribution is 0.0737. The third-order valence-electron chi connectivity index (χ3n) is 3.37. The molecule has 2 heterocycles. The van der Waals surface area contributed by atoms with Gasteiger partial charge < -0.3 is 9.84 Å². The number of para-hydroxylation sites is 1. The number of aromatic nitrogens is 3. The number of hydrogen-bond donors (Lipinski definition) is 1. The van der Waals surface area contributed by atoms with Crippen molar-refractivity contribution in [2.24, 2.45) is 0 Å². The quantitative estimate of drug-likeness (QED) is 0.911. The third kappa shape index (κ3) is 2.33. The molecule has 0 spiro atoms. The van der Waals surface area contributed by atoms with E-state index in [4.69, 9.17) is 4.74 Å². The van der Waals surface area contributed by atoms with E-state index < -0.39 is 5.60 Å². The summed E-state index contributed by atoms with van der Waals surface area (Å²) in [5.41, 5.74) is 0.838. The number of hydrogen-bond acceptors (Lipinski definition) is 4. The Bertz CT molecular complexity index is 586. The molecule has 0 fully saturated rings. The van der Waals surface area contributed by atoms with E-state index in [2.05, 4.69) is 16.4 Å². The van der Waals surface area contributed by atoms with Crippen LogP contribution in [0, 0.1) is 0 Å². The summed E-state index contributed by atoms with van der Waals surface area (Å²) in [7, 11) is 0. The van der Waals surface area contributed by atoms with E-state index >= 15 is 0 Å². The summed E-state index contributed by atoms with van der Waals surface area (Å²) in [6.07, 6.45) is 1.79. The first kappa shape index (κ1) is 12.2. The van der Waals surface area contributed by atoms with Crippen molar-refractivity contribution in [3.05, 3.63) is 41.7 Å². The van der Waals surface area contributed by atoms with Gasteiger partial charge in [-0.25, -0.2) is 0 Å². The zero-order valence-corrected chi connectivity index (χ0v) is 11.1. The van der Waals surface area contributed by atoms with Crippen molar-refractivity contribution in [3.8, 4) is 5.75 Å². The SMILES string of the molecule is CC(C)(O)c1cn(CC2COc3ccccc32)nn1. The average molecular weight is 259 g/mol. The summed E-state index contributed by atoms with van der Waals surface area (Å²) in [5, 5.41) is 18.0. The van der Waals surface area contributed by atoms with E-state index in [0.29, 0.717) is 18.8 Å². The van der Waals surface area contributed by atoms with E-state index in [9.17, 15) is 5.11 Å². The molecule has 100 valence electrons. The molecule has 1 unspecified atom stereocenters. The summed E-state index contributed by atoms with van der Waals surface area (Å²) in [6.45, 7) is 4.78. The number of fused-ring (bicyclic) bond motifs is 1. The van der Waals surface area contributed by atoms with Crippen LogP contribution in [0.15, 0.2) is 30.5 Å². The lowest BCUT2D eigenvalue weighted by Gasteiger charge is -2.12.